The fourth-order valence-corrected chi connectivity index (χ4v) is 4.32. The summed E-state index contributed by atoms with van der Waals surface area (Å²) < 4.78 is 7.05. The highest BCUT2D eigenvalue weighted by Crippen LogP contribution is 2.25. The molecule has 1 aromatic heterocycles. The smallest absolute Gasteiger partial charge is 0.244 e. The Labute approximate surface area is 202 Å². The van der Waals surface area contributed by atoms with Gasteiger partial charge < -0.3 is 19.9 Å². The van der Waals surface area contributed by atoms with E-state index in [2.05, 4.69) is 15.6 Å². The molecular formula is C26H26N4O3S. The maximum Gasteiger partial charge on any atom is 0.244 e. The first-order valence-corrected chi connectivity index (χ1v) is 11.8. The normalized spacial score (nSPS) is 10.8. The molecule has 0 bridgehead atoms. The number of benzene rings is 3. The summed E-state index contributed by atoms with van der Waals surface area (Å²) in [7, 11) is 1.58. The minimum Gasteiger partial charge on any atom is -0.497 e. The lowest BCUT2D eigenvalue weighted by Gasteiger charge is -2.11. The van der Waals surface area contributed by atoms with Crippen molar-refractivity contribution in [3.63, 3.8) is 0 Å². The summed E-state index contributed by atoms with van der Waals surface area (Å²) in [5.41, 5.74) is 5.31. The number of hydrogen-bond acceptors (Lipinski definition) is 5. The van der Waals surface area contributed by atoms with Gasteiger partial charge in [-0.3, -0.25) is 9.59 Å². The van der Waals surface area contributed by atoms with Crippen molar-refractivity contribution < 1.29 is 14.3 Å². The molecule has 2 N–H and O–H groups in total. The Kier molecular flexibility index (Phi) is 7.18. The molecule has 0 aliphatic rings. The maximum absolute atomic E-state index is 12.8. The lowest BCUT2D eigenvalue weighted by Crippen LogP contribution is -2.20. The number of aromatic nitrogens is 2. The number of para-hydroxylation sites is 2. The number of hydrogen-bond donors (Lipinski definition) is 2. The van der Waals surface area contributed by atoms with Crippen LogP contribution in [0.4, 0.5) is 11.4 Å². The summed E-state index contributed by atoms with van der Waals surface area (Å²) >= 11 is 1.30. The zero-order chi connectivity index (χ0) is 24.1. The molecule has 0 saturated carbocycles. The number of thioether (sulfide) groups is 1. The van der Waals surface area contributed by atoms with Crippen molar-refractivity contribution in [1.82, 2.24) is 9.55 Å². The van der Waals surface area contributed by atoms with Gasteiger partial charge in [0.2, 0.25) is 11.8 Å². The van der Waals surface area contributed by atoms with Crippen LogP contribution in [0, 0.1) is 13.8 Å². The van der Waals surface area contributed by atoms with Crippen LogP contribution in [-0.4, -0.2) is 34.2 Å². The molecule has 0 aliphatic heterocycles. The zero-order valence-electron chi connectivity index (χ0n) is 19.3. The predicted molar refractivity (Wildman–Crippen MR) is 137 cm³/mol. The van der Waals surface area contributed by atoms with Crippen LogP contribution in [0.25, 0.3) is 11.0 Å². The van der Waals surface area contributed by atoms with E-state index in [1.54, 1.807) is 19.2 Å². The number of anilines is 2. The second-order valence-electron chi connectivity index (χ2n) is 7.89. The number of aryl methyl sites for hydroxylation is 2. The Morgan fingerprint density at radius 1 is 0.912 bits per heavy atom. The van der Waals surface area contributed by atoms with Crippen LogP contribution in [-0.2, 0) is 16.1 Å². The number of imidazole rings is 1. The summed E-state index contributed by atoms with van der Waals surface area (Å²) in [5, 5.41) is 6.44. The van der Waals surface area contributed by atoms with Gasteiger partial charge in [0.15, 0.2) is 5.16 Å². The van der Waals surface area contributed by atoms with E-state index in [0.29, 0.717) is 16.6 Å². The van der Waals surface area contributed by atoms with Gasteiger partial charge in [-0.1, -0.05) is 36.0 Å². The number of fused-ring (bicyclic) bond motifs is 1. The quantitative estimate of drug-likeness (QED) is 0.350. The van der Waals surface area contributed by atoms with Gasteiger partial charge in [0, 0.05) is 17.4 Å². The molecule has 8 heteroatoms. The van der Waals surface area contributed by atoms with Gasteiger partial charge in [-0.15, -0.1) is 0 Å². The highest BCUT2D eigenvalue weighted by molar-refractivity contribution is 7.99. The van der Waals surface area contributed by atoms with Crippen molar-refractivity contribution in [2.75, 3.05) is 23.5 Å². The van der Waals surface area contributed by atoms with Gasteiger partial charge >= 0.3 is 0 Å². The fourth-order valence-electron chi connectivity index (χ4n) is 3.51. The number of amides is 2. The number of carbonyl (C=O) groups excluding carboxylic acids is 2. The summed E-state index contributed by atoms with van der Waals surface area (Å²) in [6.45, 7) is 4.11. The Hall–Kier alpha value is -3.78. The second kappa shape index (κ2) is 10.4. The Morgan fingerprint density at radius 2 is 1.68 bits per heavy atom. The minimum atomic E-state index is -0.196. The third-order valence-corrected chi connectivity index (χ3v) is 6.37. The molecule has 1 heterocycles. The van der Waals surface area contributed by atoms with E-state index in [-0.39, 0.29) is 24.1 Å². The summed E-state index contributed by atoms with van der Waals surface area (Å²) in [5.74, 6) is 0.510. The average molecular weight is 475 g/mol. The van der Waals surface area contributed by atoms with Crippen LogP contribution in [0.2, 0.25) is 0 Å². The Morgan fingerprint density at radius 3 is 2.47 bits per heavy atom. The molecule has 2 amide bonds. The van der Waals surface area contributed by atoms with E-state index < -0.39 is 0 Å². The molecule has 174 valence electrons. The average Bonchev–Trinajstić information content (AvgIpc) is 3.17. The van der Waals surface area contributed by atoms with Crippen LogP contribution in [0.5, 0.6) is 5.75 Å². The molecule has 0 saturated heterocycles. The number of methoxy groups -OCH3 is 1. The van der Waals surface area contributed by atoms with E-state index in [1.807, 2.05) is 73.0 Å². The molecule has 0 atom stereocenters. The lowest BCUT2D eigenvalue weighted by atomic mass is 10.1. The minimum absolute atomic E-state index is 0.0683. The highest BCUT2D eigenvalue weighted by atomic mass is 32.2. The third-order valence-electron chi connectivity index (χ3n) is 5.40. The number of ether oxygens (including phenoxy) is 1. The van der Waals surface area contributed by atoms with Gasteiger partial charge in [0.05, 0.1) is 23.9 Å². The van der Waals surface area contributed by atoms with E-state index in [9.17, 15) is 9.59 Å². The van der Waals surface area contributed by atoms with Crippen molar-refractivity contribution in [2.45, 2.75) is 25.5 Å². The SMILES string of the molecule is COc1cccc(NC(=O)Cn2c(SCC(=O)Nc3ccc(C)c(C)c3)nc3ccccc32)c1. The van der Waals surface area contributed by atoms with E-state index in [1.165, 1.54) is 17.3 Å². The molecule has 34 heavy (non-hydrogen) atoms. The highest BCUT2D eigenvalue weighted by Gasteiger charge is 2.16. The third kappa shape index (κ3) is 5.58. The largest absolute Gasteiger partial charge is 0.497 e. The monoisotopic (exact) mass is 474 g/mol. The van der Waals surface area contributed by atoms with Gasteiger partial charge in [0.1, 0.15) is 12.3 Å². The van der Waals surface area contributed by atoms with Crippen molar-refractivity contribution in [3.8, 4) is 5.75 Å². The van der Waals surface area contributed by atoms with Crippen molar-refractivity contribution in [2.24, 2.45) is 0 Å². The molecule has 0 radical (unpaired) electrons. The number of nitrogens with one attached hydrogen (secondary N) is 2. The van der Waals surface area contributed by atoms with Crippen LogP contribution < -0.4 is 15.4 Å². The first-order chi connectivity index (χ1) is 16.4. The molecule has 0 unspecified atom stereocenters. The lowest BCUT2D eigenvalue weighted by molar-refractivity contribution is -0.117. The fraction of sp³-hybridized carbons (Fsp3) is 0.192. The number of carbonyl (C=O) groups is 2. The molecule has 4 aromatic rings. The number of rotatable bonds is 8. The topological polar surface area (TPSA) is 85.2 Å². The summed E-state index contributed by atoms with van der Waals surface area (Å²) in [6.07, 6.45) is 0. The Bertz CT molecular complexity index is 1350. The van der Waals surface area contributed by atoms with Crippen LogP contribution >= 0.6 is 11.8 Å². The first-order valence-electron chi connectivity index (χ1n) is 10.8. The Balaban J connectivity index is 1.47. The first kappa shape index (κ1) is 23.4. The van der Waals surface area contributed by atoms with Crippen LogP contribution in [0.3, 0.4) is 0 Å². The van der Waals surface area contributed by atoms with Crippen LogP contribution in [0.15, 0.2) is 71.9 Å². The molecule has 3 aromatic carbocycles. The summed E-state index contributed by atoms with van der Waals surface area (Å²) in [4.78, 5) is 30.0. The molecule has 7 nitrogen and oxygen atoms in total. The number of nitrogens with zero attached hydrogens (tertiary/aromatic N) is 2. The van der Waals surface area contributed by atoms with Gasteiger partial charge in [-0.25, -0.2) is 4.98 Å². The van der Waals surface area contributed by atoms with E-state index in [4.69, 9.17) is 4.74 Å². The molecule has 4 rings (SSSR count). The molecule has 0 spiro atoms. The van der Waals surface area contributed by atoms with E-state index >= 15 is 0 Å². The molecule has 0 fully saturated rings. The van der Waals surface area contributed by atoms with Gasteiger partial charge in [-0.05, 0) is 61.4 Å². The van der Waals surface area contributed by atoms with Crippen molar-refractivity contribution in [1.29, 1.82) is 0 Å². The van der Waals surface area contributed by atoms with E-state index in [0.717, 1.165) is 22.3 Å². The predicted octanol–water partition coefficient (Wildman–Crippen LogP) is 5.03. The maximum atomic E-state index is 12.8. The standard InChI is InChI=1S/C26H26N4O3S/c1-17-11-12-20(13-18(17)2)28-25(32)16-34-26-29-22-9-4-5-10-23(22)30(26)15-24(31)27-19-7-6-8-21(14-19)33-3/h4-14H,15-16H2,1-3H3,(H,27,31)(H,28,32). The molecule has 0 aliphatic carbocycles. The van der Waals surface area contributed by atoms with Crippen LogP contribution in [0.1, 0.15) is 11.1 Å². The second-order valence-corrected chi connectivity index (χ2v) is 8.83. The van der Waals surface area contributed by atoms with Crippen molar-refractivity contribution >= 4 is 46.0 Å². The zero-order valence-corrected chi connectivity index (χ0v) is 20.1. The molecular weight excluding hydrogens is 448 g/mol. The van der Waals surface area contributed by atoms with Gasteiger partial charge in [0.25, 0.3) is 0 Å². The summed E-state index contributed by atoms with van der Waals surface area (Å²) in [6, 6.07) is 20.6. The van der Waals surface area contributed by atoms with Crippen molar-refractivity contribution in [3.05, 3.63) is 77.9 Å². The van der Waals surface area contributed by atoms with Gasteiger partial charge in [-0.2, -0.15) is 0 Å².